The van der Waals surface area contributed by atoms with Gasteiger partial charge in [-0.1, -0.05) is 152 Å². The van der Waals surface area contributed by atoms with Gasteiger partial charge in [0.1, 0.15) is 0 Å². The van der Waals surface area contributed by atoms with E-state index in [1.807, 2.05) is 29.5 Å². The largest absolute Gasteiger partial charge is 0.228 e. The summed E-state index contributed by atoms with van der Waals surface area (Å²) in [6, 6.07) is 69.3. The van der Waals surface area contributed by atoms with Crippen molar-refractivity contribution in [1.29, 1.82) is 0 Å². The highest BCUT2D eigenvalue weighted by molar-refractivity contribution is 7.25. The van der Waals surface area contributed by atoms with Crippen LogP contribution in [0.2, 0.25) is 0 Å². The first-order valence-electron chi connectivity index (χ1n) is 17.9. The second-order valence-electron chi connectivity index (χ2n) is 13.4. The molecule has 0 amide bonds. The summed E-state index contributed by atoms with van der Waals surface area (Å²) < 4.78 is 2.60. The molecule has 0 N–H and O–H groups in total. The van der Waals surface area contributed by atoms with E-state index in [-0.39, 0.29) is 0 Å². The van der Waals surface area contributed by atoms with E-state index in [1.165, 1.54) is 53.2 Å². The standard InChI is InChI=1S/C50H32N2S/c1-3-11-33(12-4-1)41-28-42(40-25-26-45-44-17-9-10-18-48(44)53-49(45)31-40)30-43(29-41)47-32-46(51-50(52-47)37-14-5-2-6-15-37)36-22-19-35(20-23-36)39-24-21-34-13-7-8-16-38(34)27-39/h1-32H. The third-order valence-electron chi connectivity index (χ3n) is 10.1. The second kappa shape index (κ2) is 13.1. The molecular formula is C50H32N2S. The van der Waals surface area contributed by atoms with Crippen LogP contribution < -0.4 is 0 Å². The predicted molar refractivity (Wildman–Crippen MR) is 225 cm³/mol. The first kappa shape index (κ1) is 31.1. The minimum Gasteiger partial charge on any atom is -0.228 e. The maximum atomic E-state index is 5.23. The van der Waals surface area contributed by atoms with Gasteiger partial charge < -0.3 is 0 Å². The molecule has 2 aromatic heterocycles. The number of rotatable bonds is 6. The third-order valence-corrected chi connectivity index (χ3v) is 11.2. The average molecular weight is 693 g/mol. The van der Waals surface area contributed by atoms with Crippen molar-refractivity contribution < 1.29 is 0 Å². The van der Waals surface area contributed by atoms with Gasteiger partial charge in [0.2, 0.25) is 0 Å². The summed E-state index contributed by atoms with van der Waals surface area (Å²) in [6.07, 6.45) is 0. The van der Waals surface area contributed by atoms with E-state index >= 15 is 0 Å². The van der Waals surface area contributed by atoms with E-state index in [4.69, 9.17) is 9.97 Å². The topological polar surface area (TPSA) is 25.8 Å². The summed E-state index contributed by atoms with van der Waals surface area (Å²) in [7, 11) is 0. The van der Waals surface area contributed by atoms with Gasteiger partial charge in [0.05, 0.1) is 11.4 Å². The highest BCUT2D eigenvalue weighted by Gasteiger charge is 2.15. The normalized spacial score (nSPS) is 11.4. The summed E-state index contributed by atoms with van der Waals surface area (Å²) in [4.78, 5) is 10.4. The van der Waals surface area contributed by atoms with Gasteiger partial charge in [-0.15, -0.1) is 11.3 Å². The third kappa shape index (κ3) is 5.97. The molecule has 2 heterocycles. The van der Waals surface area contributed by atoms with E-state index < -0.39 is 0 Å². The minimum atomic E-state index is 0.704. The van der Waals surface area contributed by atoms with E-state index in [0.29, 0.717) is 5.82 Å². The summed E-state index contributed by atoms with van der Waals surface area (Å²) in [5, 5.41) is 5.09. The Morgan fingerprint density at radius 1 is 0.283 bits per heavy atom. The molecule has 0 saturated heterocycles. The summed E-state index contributed by atoms with van der Waals surface area (Å²) >= 11 is 1.85. The van der Waals surface area contributed by atoms with Crippen molar-refractivity contribution in [3.05, 3.63) is 194 Å². The van der Waals surface area contributed by atoms with E-state index in [9.17, 15) is 0 Å². The quantitative estimate of drug-likeness (QED) is 0.173. The molecule has 248 valence electrons. The molecule has 53 heavy (non-hydrogen) atoms. The number of hydrogen-bond donors (Lipinski definition) is 0. The Bertz CT molecular complexity index is 2930. The molecule has 0 unspecified atom stereocenters. The molecule has 0 fully saturated rings. The zero-order valence-corrected chi connectivity index (χ0v) is 29.6. The molecule has 0 aliphatic heterocycles. The fraction of sp³-hybridized carbons (Fsp3) is 0. The van der Waals surface area contributed by atoms with Gasteiger partial charge in [-0.25, -0.2) is 9.97 Å². The Balaban J connectivity index is 1.11. The second-order valence-corrected chi connectivity index (χ2v) is 14.5. The van der Waals surface area contributed by atoms with Gasteiger partial charge in [0, 0.05) is 36.9 Å². The molecule has 10 rings (SSSR count). The van der Waals surface area contributed by atoms with E-state index in [0.717, 1.165) is 39.2 Å². The fourth-order valence-electron chi connectivity index (χ4n) is 7.31. The van der Waals surface area contributed by atoms with Crippen molar-refractivity contribution in [2.75, 3.05) is 0 Å². The smallest absolute Gasteiger partial charge is 0.160 e. The first-order chi connectivity index (χ1) is 26.2. The molecule has 2 nitrogen and oxygen atoms in total. The number of benzene rings is 8. The van der Waals surface area contributed by atoms with E-state index in [2.05, 4.69) is 176 Å². The van der Waals surface area contributed by atoms with Crippen molar-refractivity contribution in [3.63, 3.8) is 0 Å². The molecule has 0 radical (unpaired) electrons. The lowest BCUT2D eigenvalue weighted by atomic mass is 9.94. The molecule has 0 aliphatic rings. The molecule has 10 aromatic rings. The van der Waals surface area contributed by atoms with Gasteiger partial charge in [-0.3, -0.25) is 0 Å². The summed E-state index contributed by atoms with van der Waals surface area (Å²) in [6.45, 7) is 0. The molecule has 0 saturated carbocycles. The van der Waals surface area contributed by atoms with Crippen molar-refractivity contribution in [1.82, 2.24) is 9.97 Å². The highest BCUT2D eigenvalue weighted by atomic mass is 32.1. The Morgan fingerprint density at radius 2 is 0.811 bits per heavy atom. The van der Waals surface area contributed by atoms with Crippen LogP contribution in [0.3, 0.4) is 0 Å². The number of aromatic nitrogens is 2. The van der Waals surface area contributed by atoms with Crippen molar-refractivity contribution in [2.24, 2.45) is 0 Å². The van der Waals surface area contributed by atoms with Crippen LogP contribution >= 0.6 is 11.3 Å². The van der Waals surface area contributed by atoms with Gasteiger partial charge in [0.25, 0.3) is 0 Å². The number of hydrogen-bond acceptors (Lipinski definition) is 3. The van der Waals surface area contributed by atoms with Gasteiger partial charge >= 0.3 is 0 Å². The van der Waals surface area contributed by atoms with Crippen LogP contribution in [0.15, 0.2) is 194 Å². The van der Waals surface area contributed by atoms with Gasteiger partial charge in [-0.2, -0.15) is 0 Å². The van der Waals surface area contributed by atoms with E-state index in [1.54, 1.807) is 0 Å². The first-order valence-corrected chi connectivity index (χ1v) is 18.7. The molecule has 0 spiro atoms. The van der Waals surface area contributed by atoms with Crippen molar-refractivity contribution in [2.45, 2.75) is 0 Å². The lowest BCUT2D eigenvalue weighted by Gasteiger charge is -2.13. The molecule has 8 aromatic carbocycles. The number of thiophene rings is 1. The molecule has 3 heteroatoms. The Hall–Kier alpha value is -6.68. The average Bonchev–Trinajstić information content (AvgIpc) is 3.62. The SMILES string of the molecule is c1ccc(-c2cc(-c3ccc4c(c3)sc3ccccc34)cc(-c3cc(-c4ccc(-c5ccc6ccccc6c5)cc4)nc(-c4ccccc4)n3)c2)cc1. The lowest BCUT2D eigenvalue weighted by molar-refractivity contribution is 1.18. The maximum Gasteiger partial charge on any atom is 0.160 e. The van der Waals surface area contributed by atoms with Crippen LogP contribution in [0.1, 0.15) is 0 Å². The Labute approximate surface area is 312 Å². The van der Waals surface area contributed by atoms with Gasteiger partial charge in [0.15, 0.2) is 5.82 Å². The maximum absolute atomic E-state index is 5.23. The Morgan fingerprint density at radius 3 is 1.60 bits per heavy atom. The number of fused-ring (bicyclic) bond motifs is 4. The molecule has 0 aliphatic carbocycles. The van der Waals surface area contributed by atoms with Crippen molar-refractivity contribution in [3.8, 4) is 67.3 Å². The van der Waals surface area contributed by atoms with Crippen LogP contribution in [0.4, 0.5) is 0 Å². The molecule has 0 bridgehead atoms. The lowest BCUT2D eigenvalue weighted by Crippen LogP contribution is -1.96. The fourth-order valence-corrected chi connectivity index (χ4v) is 8.45. The monoisotopic (exact) mass is 692 g/mol. The molecule has 0 atom stereocenters. The van der Waals surface area contributed by atoms with Crippen LogP contribution in [-0.4, -0.2) is 9.97 Å². The zero-order chi connectivity index (χ0) is 35.1. The summed E-state index contributed by atoms with van der Waals surface area (Å²) in [5.41, 5.74) is 11.9. The predicted octanol–water partition coefficient (Wildman–Crippen LogP) is 14.0. The van der Waals surface area contributed by atoms with Crippen molar-refractivity contribution >= 4 is 42.3 Å². The number of nitrogens with zero attached hydrogens (tertiary/aromatic N) is 2. The van der Waals surface area contributed by atoms with Crippen LogP contribution in [-0.2, 0) is 0 Å². The zero-order valence-electron chi connectivity index (χ0n) is 28.8. The minimum absolute atomic E-state index is 0.704. The summed E-state index contributed by atoms with van der Waals surface area (Å²) in [5.74, 6) is 0.704. The van der Waals surface area contributed by atoms with Crippen LogP contribution in [0.25, 0.3) is 98.2 Å². The van der Waals surface area contributed by atoms with Gasteiger partial charge in [-0.05, 0) is 86.6 Å². The highest BCUT2D eigenvalue weighted by Crippen LogP contribution is 2.39. The Kier molecular flexibility index (Phi) is 7.71. The van der Waals surface area contributed by atoms with Crippen LogP contribution in [0, 0.1) is 0 Å². The van der Waals surface area contributed by atoms with Crippen LogP contribution in [0.5, 0.6) is 0 Å². The molecular weight excluding hydrogens is 661 g/mol.